The highest BCUT2D eigenvalue weighted by Gasteiger charge is 2.48. The molecule has 4 N–H and O–H groups in total. The lowest BCUT2D eigenvalue weighted by Crippen LogP contribution is -2.61. The fourth-order valence-corrected chi connectivity index (χ4v) is 40.2. The van der Waals surface area contributed by atoms with Crippen LogP contribution in [0.4, 0.5) is 0 Å². The molecule has 0 fully saturated rings. The Morgan fingerprint density at radius 1 is 0.371 bits per heavy atom. The fraction of sp³-hybridized carbons (Fsp3) is 1.00. The van der Waals surface area contributed by atoms with Crippen LogP contribution in [0.15, 0.2) is 0 Å². The zero-order valence-electron chi connectivity index (χ0n) is 25.3. The summed E-state index contributed by atoms with van der Waals surface area (Å²) < 4.78 is 39.9. The molecular formula is C20H58N2O6Si7. The summed E-state index contributed by atoms with van der Waals surface area (Å²) in [5.41, 5.74) is 11.4. The predicted molar refractivity (Wildman–Crippen MR) is 166 cm³/mol. The van der Waals surface area contributed by atoms with Crippen LogP contribution in [0.3, 0.4) is 0 Å². The molecule has 0 heterocycles. The van der Waals surface area contributed by atoms with Gasteiger partial charge in [0, 0.05) is 0 Å². The lowest BCUT2D eigenvalue weighted by Gasteiger charge is -2.44. The van der Waals surface area contributed by atoms with Crippen LogP contribution < -0.4 is 11.5 Å². The van der Waals surface area contributed by atoms with Gasteiger partial charge in [-0.15, -0.1) is 0 Å². The maximum Gasteiger partial charge on any atom is 0.314 e. The second-order valence-corrected chi connectivity index (χ2v) is 39.9. The van der Waals surface area contributed by atoms with E-state index in [9.17, 15) is 0 Å². The molecule has 0 aliphatic rings. The molecule has 0 radical (unpaired) electrons. The molecule has 0 atom stereocenters. The van der Waals surface area contributed by atoms with Crippen molar-refractivity contribution in [2.45, 2.75) is 117 Å². The lowest BCUT2D eigenvalue weighted by molar-refractivity contribution is 0.271. The van der Waals surface area contributed by atoms with E-state index in [0.717, 1.165) is 24.9 Å². The molecular weight excluding hydrogens is 561 g/mol. The molecule has 0 aromatic carbocycles. The Labute approximate surface area is 224 Å². The van der Waals surface area contributed by atoms with Gasteiger partial charge in [0.2, 0.25) is 0 Å². The molecule has 0 rings (SSSR count). The third-order valence-corrected chi connectivity index (χ3v) is 32.2. The molecule has 0 unspecified atom stereocenters. The van der Waals surface area contributed by atoms with Crippen LogP contribution in [-0.4, -0.2) is 72.5 Å². The zero-order chi connectivity index (χ0) is 28.0. The van der Waals surface area contributed by atoms with Crippen molar-refractivity contribution in [1.82, 2.24) is 0 Å². The topological polar surface area (TPSA) is 107 Å². The first-order chi connectivity index (χ1) is 15.4. The van der Waals surface area contributed by atoms with Crippen LogP contribution >= 0.6 is 0 Å². The zero-order valence-corrected chi connectivity index (χ0v) is 32.3. The average molecular weight is 619 g/mol. The third-order valence-electron chi connectivity index (χ3n) is 4.98. The largest absolute Gasteiger partial charge is 0.436 e. The van der Waals surface area contributed by atoms with Gasteiger partial charge in [-0.25, -0.2) is 0 Å². The van der Waals surface area contributed by atoms with Crippen molar-refractivity contribution in [3.05, 3.63) is 0 Å². The van der Waals surface area contributed by atoms with Crippen LogP contribution in [0.5, 0.6) is 0 Å². The van der Waals surface area contributed by atoms with Gasteiger partial charge in [0.15, 0.2) is 16.6 Å². The molecule has 0 aliphatic carbocycles. The van der Waals surface area contributed by atoms with Crippen LogP contribution in [0, 0.1) is 0 Å². The monoisotopic (exact) mass is 618 g/mol. The van der Waals surface area contributed by atoms with E-state index in [0.29, 0.717) is 13.1 Å². The van der Waals surface area contributed by atoms with E-state index in [1.165, 1.54) is 0 Å². The summed E-state index contributed by atoms with van der Waals surface area (Å²) in [7, 11) is -16.0. The standard InChI is InChI=1S/C20H58N2O6Si7/c1-29(2,19-15-17-21)23-31(5,6)25-33(9,10)27-35(13,14)28-34(11,12)26-32(7,8)24-30(3,4)20-16-18-22/h15-22H2,1-14H3. The first-order valence-electron chi connectivity index (χ1n) is 13.0. The van der Waals surface area contributed by atoms with Crippen LogP contribution in [0.1, 0.15) is 12.8 Å². The second kappa shape index (κ2) is 13.5. The predicted octanol–water partition coefficient (Wildman–Crippen LogP) is 5.70. The highest BCUT2D eigenvalue weighted by molar-refractivity contribution is 6.92. The van der Waals surface area contributed by atoms with E-state index < -0.39 is 59.4 Å². The molecule has 8 nitrogen and oxygen atoms in total. The molecule has 212 valence electrons. The fourth-order valence-electron chi connectivity index (χ4n) is 4.96. The van der Waals surface area contributed by atoms with E-state index in [4.69, 9.17) is 36.2 Å². The highest BCUT2D eigenvalue weighted by atomic mass is 28.5. The maximum absolute atomic E-state index is 6.67. The summed E-state index contributed by atoms with van der Waals surface area (Å²) in [5, 5.41) is 0. The molecule has 0 bridgehead atoms. The Balaban J connectivity index is 5.21. The van der Waals surface area contributed by atoms with Gasteiger partial charge in [-0.05, 0) is 130 Å². The maximum atomic E-state index is 6.67. The second-order valence-electron chi connectivity index (χ2n) is 12.9. The van der Waals surface area contributed by atoms with Crippen LogP contribution in [0.2, 0.25) is 104 Å². The number of hydrogen-bond acceptors (Lipinski definition) is 8. The molecule has 0 aromatic heterocycles. The molecule has 0 saturated heterocycles. The molecule has 0 amide bonds. The number of hydrogen-bond donors (Lipinski definition) is 2. The summed E-state index contributed by atoms with van der Waals surface area (Å²) >= 11 is 0. The SMILES string of the molecule is C[Si](C)(CCCN)O[Si](C)(C)O[Si](C)(C)O[Si](C)(C)O[Si](C)(C)O[Si](C)(C)O[Si](C)(C)CCCN. The van der Waals surface area contributed by atoms with Gasteiger partial charge in [-0.2, -0.15) is 0 Å². The van der Waals surface area contributed by atoms with Crippen LogP contribution in [0.25, 0.3) is 0 Å². The van der Waals surface area contributed by atoms with Gasteiger partial charge in [-0.1, -0.05) is 0 Å². The summed E-state index contributed by atoms with van der Waals surface area (Å²) in [6.07, 6.45) is 1.98. The first-order valence-corrected chi connectivity index (χ1v) is 33.3. The van der Waals surface area contributed by atoms with Gasteiger partial charge in [0.05, 0.1) is 0 Å². The van der Waals surface area contributed by atoms with Gasteiger partial charge >= 0.3 is 42.8 Å². The normalized spacial score (nSPS) is 15.1. The van der Waals surface area contributed by atoms with Crippen LogP contribution in [-0.2, 0) is 24.7 Å². The van der Waals surface area contributed by atoms with Crippen molar-refractivity contribution < 1.29 is 24.7 Å². The number of rotatable bonds is 18. The molecule has 0 aliphatic heterocycles. The van der Waals surface area contributed by atoms with Crippen molar-refractivity contribution >= 4 is 59.4 Å². The summed E-state index contributed by atoms with van der Waals surface area (Å²) in [6, 6.07) is 2.08. The van der Waals surface area contributed by atoms with E-state index in [-0.39, 0.29) is 0 Å². The van der Waals surface area contributed by atoms with E-state index >= 15 is 0 Å². The summed E-state index contributed by atoms with van der Waals surface area (Å²) in [6.45, 7) is 31.5. The van der Waals surface area contributed by atoms with E-state index in [1.807, 2.05) is 0 Å². The third kappa shape index (κ3) is 17.4. The van der Waals surface area contributed by atoms with Crippen molar-refractivity contribution in [1.29, 1.82) is 0 Å². The van der Waals surface area contributed by atoms with Crippen molar-refractivity contribution in [3.63, 3.8) is 0 Å². The van der Waals surface area contributed by atoms with E-state index in [1.54, 1.807) is 0 Å². The van der Waals surface area contributed by atoms with Gasteiger partial charge < -0.3 is 36.2 Å². The highest BCUT2D eigenvalue weighted by Crippen LogP contribution is 2.29. The Morgan fingerprint density at radius 3 is 0.771 bits per heavy atom. The lowest BCUT2D eigenvalue weighted by atomic mass is 10.5. The summed E-state index contributed by atoms with van der Waals surface area (Å²) in [5.74, 6) is 0. The minimum absolute atomic E-state index is 0.697. The molecule has 35 heavy (non-hydrogen) atoms. The minimum atomic E-state index is -2.54. The number of nitrogens with two attached hydrogens (primary N) is 2. The molecule has 15 heteroatoms. The van der Waals surface area contributed by atoms with Crippen molar-refractivity contribution in [2.24, 2.45) is 11.5 Å². The van der Waals surface area contributed by atoms with Gasteiger partial charge in [0.1, 0.15) is 0 Å². The van der Waals surface area contributed by atoms with Gasteiger partial charge in [-0.3, -0.25) is 0 Å². The quantitative estimate of drug-likeness (QED) is 0.188. The van der Waals surface area contributed by atoms with E-state index in [2.05, 4.69) is 91.7 Å². The van der Waals surface area contributed by atoms with Crippen molar-refractivity contribution in [3.8, 4) is 0 Å². The van der Waals surface area contributed by atoms with Gasteiger partial charge in [0.25, 0.3) is 0 Å². The smallest absolute Gasteiger partial charge is 0.314 e. The molecule has 0 spiro atoms. The van der Waals surface area contributed by atoms with Crippen molar-refractivity contribution in [2.75, 3.05) is 13.1 Å². The minimum Gasteiger partial charge on any atom is -0.436 e. The molecule has 0 aromatic rings. The summed E-state index contributed by atoms with van der Waals surface area (Å²) in [4.78, 5) is 0. The Bertz CT molecular complexity index is 597. The molecule has 0 saturated carbocycles. The Kier molecular flexibility index (Phi) is 14.0. The Morgan fingerprint density at radius 2 is 0.571 bits per heavy atom. The average Bonchev–Trinajstić information content (AvgIpc) is 2.51. The first kappa shape index (κ1) is 36.2. The Hall–Kier alpha value is 1.20.